The van der Waals surface area contributed by atoms with Gasteiger partial charge in [0.05, 0.1) is 6.61 Å². The Labute approximate surface area is 106 Å². The number of hydrogen-bond donors (Lipinski definition) is 1. The molecule has 0 fully saturated rings. The van der Waals surface area contributed by atoms with E-state index in [0.717, 1.165) is 11.3 Å². The third kappa shape index (κ3) is 2.58. The van der Waals surface area contributed by atoms with Crippen LogP contribution in [0.25, 0.3) is 0 Å². The lowest BCUT2D eigenvalue weighted by Crippen LogP contribution is -2.05. The second-order valence-corrected chi connectivity index (χ2v) is 4.04. The highest BCUT2D eigenvalue weighted by atomic mass is 16.5. The molecule has 96 valence electrons. The van der Waals surface area contributed by atoms with Crippen LogP contribution < -0.4 is 10.5 Å². The van der Waals surface area contributed by atoms with E-state index in [1.807, 2.05) is 27.0 Å². The van der Waals surface area contributed by atoms with Gasteiger partial charge < -0.3 is 10.5 Å². The lowest BCUT2D eigenvalue weighted by molar-refractivity contribution is 0.323. The van der Waals surface area contributed by atoms with Crippen molar-refractivity contribution in [1.29, 1.82) is 0 Å². The van der Waals surface area contributed by atoms with Crippen LogP contribution in [0.5, 0.6) is 5.88 Å². The van der Waals surface area contributed by atoms with Gasteiger partial charge in [0.1, 0.15) is 11.6 Å². The molecule has 0 aliphatic heterocycles. The van der Waals surface area contributed by atoms with Crippen LogP contribution in [0.2, 0.25) is 0 Å². The molecule has 0 radical (unpaired) electrons. The lowest BCUT2D eigenvalue weighted by Gasteiger charge is -2.04. The van der Waals surface area contributed by atoms with Gasteiger partial charge in [0.25, 0.3) is 0 Å². The first kappa shape index (κ1) is 12.3. The van der Waals surface area contributed by atoms with Gasteiger partial charge in [-0.1, -0.05) is 0 Å². The SMILES string of the molecule is CCOc1cc(Cc2cnc(C)nc2N)n(C)n1. The second kappa shape index (κ2) is 5.03. The molecule has 2 aromatic rings. The fourth-order valence-electron chi connectivity index (χ4n) is 1.70. The van der Waals surface area contributed by atoms with E-state index < -0.39 is 0 Å². The summed E-state index contributed by atoms with van der Waals surface area (Å²) < 4.78 is 7.14. The van der Waals surface area contributed by atoms with Crippen LogP contribution in [-0.4, -0.2) is 26.4 Å². The summed E-state index contributed by atoms with van der Waals surface area (Å²) in [5.41, 5.74) is 7.78. The van der Waals surface area contributed by atoms with Crippen molar-refractivity contribution in [3.63, 3.8) is 0 Å². The number of nitrogens with zero attached hydrogens (tertiary/aromatic N) is 4. The molecule has 0 saturated carbocycles. The topological polar surface area (TPSA) is 78.9 Å². The van der Waals surface area contributed by atoms with Crippen molar-refractivity contribution in [1.82, 2.24) is 19.7 Å². The third-order valence-corrected chi connectivity index (χ3v) is 2.64. The van der Waals surface area contributed by atoms with E-state index in [9.17, 15) is 0 Å². The molecule has 6 heteroatoms. The first-order valence-corrected chi connectivity index (χ1v) is 5.84. The highest BCUT2D eigenvalue weighted by molar-refractivity contribution is 5.40. The van der Waals surface area contributed by atoms with Gasteiger partial charge in [-0.25, -0.2) is 9.97 Å². The van der Waals surface area contributed by atoms with Crippen molar-refractivity contribution in [2.75, 3.05) is 12.3 Å². The zero-order chi connectivity index (χ0) is 13.1. The summed E-state index contributed by atoms with van der Waals surface area (Å²) in [6, 6.07) is 1.91. The van der Waals surface area contributed by atoms with Gasteiger partial charge in [0, 0.05) is 37.0 Å². The van der Waals surface area contributed by atoms with E-state index in [4.69, 9.17) is 10.5 Å². The van der Waals surface area contributed by atoms with Crippen LogP contribution >= 0.6 is 0 Å². The highest BCUT2D eigenvalue weighted by Gasteiger charge is 2.09. The maximum Gasteiger partial charge on any atom is 0.232 e. The van der Waals surface area contributed by atoms with Gasteiger partial charge in [-0.3, -0.25) is 4.68 Å². The van der Waals surface area contributed by atoms with Crippen LogP contribution in [0.15, 0.2) is 12.3 Å². The largest absolute Gasteiger partial charge is 0.477 e. The molecule has 6 nitrogen and oxygen atoms in total. The van der Waals surface area contributed by atoms with E-state index in [0.29, 0.717) is 30.5 Å². The molecule has 2 rings (SSSR count). The Morgan fingerprint density at radius 2 is 2.22 bits per heavy atom. The molecule has 0 atom stereocenters. The molecular weight excluding hydrogens is 230 g/mol. The minimum Gasteiger partial charge on any atom is -0.477 e. The molecule has 2 N–H and O–H groups in total. The molecule has 0 bridgehead atoms. The predicted molar refractivity (Wildman–Crippen MR) is 68.4 cm³/mol. The van der Waals surface area contributed by atoms with Crippen LogP contribution in [0.3, 0.4) is 0 Å². The summed E-state index contributed by atoms with van der Waals surface area (Å²) in [5.74, 6) is 1.82. The quantitative estimate of drug-likeness (QED) is 0.875. The molecular formula is C12H17N5O. The van der Waals surface area contributed by atoms with Gasteiger partial charge in [-0.15, -0.1) is 5.10 Å². The number of nitrogen functional groups attached to an aromatic ring is 1. The van der Waals surface area contributed by atoms with Crippen molar-refractivity contribution < 1.29 is 4.74 Å². The minimum atomic E-state index is 0.515. The number of ether oxygens (including phenoxy) is 1. The average Bonchev–Trinajstić information content (AvgIpc) is 2.64. The molecule has 0 aliphatic carbocycles. The predicted octanol–water partition coefficient (Wildman–Crippen LogP) is 1.09. The second-order valence-electron chi connectivity index (χ2n) is 4.04. The summed E-state index contributed by atoms with van der Waals surface area (Å²) >= 11 is 0. The van der Waals surface area contributed by atoms with Crippen molar-refractivity contribution in [2.24, 2.45) is 7.05 Å². The number of nitrogens with two attached hydrogens (primary N) is 1. The Morgan fingerprint density at radius 3 is 2.89 bits per heavy atom. The Hall–Kier alpha value is -2.11. The minimum absolute atomic E-state index is 0.515. The first-order valence-electron chi connectivity index (χ1n) is 5.84. The Morgan fingerprint density at radius 1 is 1.44 bits per heavy atom. The molecule has 0 amide bonds. The highest BCUT2D eigenvalue weighted by Crippen LogP contribution is 2.17. The number of aryl methyl sites for hydroxylation is 2. The van der Waals surface area contributed by atoms with Crippen LogP contribution in [0.1, 0.15) is 24.0 Å². The van der Waals surface area contributed by atoms with Crippen LogP contribution in [-0.2, 0) is 13.5 Å². The number of rotatable bonds is 4. The number of aromatic nitrogens is 4. The summed E-state index contributed by atoms with van der Waals surface area (Å²) in [6.45, 7) is 4.35. The van der Waals surface area contributed by atoms with E-state index in [-0.39, 0.29) is 0 Å². The van der Waals surface area contributed by atoms with Gasteiger partial charge >= 0.3 is 0 Å². The average molecular weight is 247 g/mol. The molecule has 0 aliphatic rings. The zero-order valence-corrected chi connectivity index (χ0v) is 10.8. The number of hydrogen-bond acceptors (Lipinski definition) is 5. The zero-order valence-electron chi connectivity index (χ0n) is 10.8. The van der Waals surface area contributed by atoms with E-state index >= 15 is 0 Å². The Balaban J connectivity index is 2.22. The molecule has 18 heavy (non-hydrogen) atoms. The van der Waals surface area contributed by atoms with Crippen LogP contribution in [0.4, 0.5) is 5.82 Å². The van der Waals surface area contributed by atoms with Gasteiger partial charge in [-0.05, 0) is 13.8 Å². The Kier molecular flexibility index (Phi) is 3.45. The van der Waals surface area contributed by atoms with Crippen molar-refractivity contribution >= 4 is 5.82 Å². The fourth-order valence-corrected chi connectivity index (χ4v) is 1.70. The Bertz CT molecular complexity index is 549. The molecule has 0 aromatic carbocycles. The van der Waals surface area contributed by atoms with Crippen molar-refractivity contribution in [2.45, 2.75) is 20.3 Å². The summed E-state index contributed by atoms with van der Waals surface area (Å²) in [4.78, 5) is 8.31. The lowest BCUT2D eigenvalue weighted by atomic mass is 10.1. The van der Waals surface area contributed by atoms with Gasteiger partial charge in [-0.2, -0.15) is 0 Å². The van der Waals surface area contributed by atoms with E-state index in [2.05, 4.69) is 15.1 Å². The van der Waals surface area contributed by atoms with E-state index in [1.165, 1.54) is 0 Å². The molecule has 0 saturated heterocycles. The summed E-state index contributed by atoms with van der Waals surface area (Å²) in [7, 11) is 1.88. The van der Waals surface area contributed by atoms with Crippen LogP contribution in [0, 0.1) is 6.92 Å². The standard InChI is InChI=1S/C12H17N5O/c1-4-18-11-6-10(17(3)16-11)5-9-7-14-8(2)15-12(9)13/h6-7H,4-5H2,1-3H3,(H2,13,14,15). The van der Waals surface area contributed by atoms with Crippen molar-refractivity contribution in [3.05, 3.63) is 29.3 Å². The third-order valence-electron chi connectivity index (χ3n) is 2.64. The van der Waals surface area contributed by atoms with Gasteiger partial charge in [0.2, 0.25) is 5.88 Å². The molecule has 0 spiro atoms. The summed E-state index contributed by atoms with van der Waals surface area (Å²) in [5, 5.41) is 4.26. The maximum atomic E-state index is 5.87. The fraction of sp³-hybridized carbons (Fsp3) is 0.417. The first-order chi connectivity index (χ1) is 8.60. The summed E-state index contributed by atoms with van der Waals surface area (Å²) in [6.07, 6.45) is 2.40. The van der Waals surface area contributed by atoms with Gasteiger partial charge in [0.15, 0.2) is 0 Å². The number of anilines is 1. The van der Waals surface area contributed by atoms with Crippen molar-refractivity contribution in [3.8, 4) is 5.88 Å². The maximum absolute atomic E-state index is 5.87. The molecule has 2 heterocycles. The molecule has 0 unspecified atom stereocenters. The normalized spacial score (nSPS) is 10.6. The smallest absolute Gasteiger partial charge is 0.232 e. The monoisotopic (exact) mass is 247 g/mol. The van der Waals surface area contributed by atoms with E-state index in [1.54, 1.807) is 10.9 Å². The molecule has 2 aromatic heterocycles.